The lowest BCUT2D eigenvalue weighted by Gasteiger charge is -2.13. The molecule has 0 saturated carbocycles. The standard InChI is InChI=1S/C19H18Cl2N4O4S/c1-28-19-18(25-30(26,27)15-7-3-6-14(20)17(15)21)23-11-16(24-19)29-13-5-2-4-12(10-13)8-9-22/h2-7,10-11H,8-9,22H2,1H3,(H,23,25). The van der Waals surface area contributed by atoms with Crippen LogP contribution in [0.15, 0.2) is 53.6 Å². The van der Waals surface area contributed by atoms with Crippen LogP contribution < -0.4 is 19.9 Å². The van der Waals surface area contributed by atoms with Gasteiger partial charge in [-0.1, -0.05) is 41.4 Å². The third-order valence-electron chi connectivity index (χ3n) is 3.90. The summed E-state index contributed by atoms with van der Waals surface area (Å²) in [6.45, 7) is 0.516. The topological polar surface area (TPSA) is 116 Å². The number of aromatic nitrogens is 2. The van der Waals surface area contributed by atoms with Gasteiger partial charge in [-0.2, -0.15) is 4.98 Å². The molecule has 158 valence electrons. The van der Waals surface area contributed by atoms with Crippen LogP contribution in [-0.2, 0) is 16.4 Å². The van der Waals surface area contributed by atoms with Crippen LogP contribution in [0.5, 0.6) is 17.5 Å². The van der Waals surface area contributed by atoms with E-state index < -0.39 is 10.0 Å². The fourth-order valence-corrected chi connectivity index (χ4v) is 4.31. The van der Waals surface area contributed by atoms with Crippen molar-refractivity contribution in [3.63, 3.8) is 0 Å². The molecule has 0 aliphatic rings. The van der Waals surface area contributed by atoms with Gasteiger partial charge in [0.1, 0.15) is 10.6 Å². The molecule has 3 rings (SSSR count). The highest BCUT2D eigenvalue weighted by Gasteiger charge is 2.23. The van der Waals surface area contributed by atoms with Gasteiger partial charge in [-0.05, 0) is 42.8 Å². The van der Waals surface area contributed by atoms with Gasteiger partial charge >= 0.3 is 0 Å². The van der Waals surface area contributed by atoms with E-state index in [4.69, 9.17) is 38.4 Å². The van der Waals surface area contributed by atoms with Crippen LogP contribution in [-0.4, -0.2) is 32.0 Å². The van der Waals surface area contributed by atoms with Gasteiger partial charge in [-0.3, -0.25) is 4.72 Å². The Labute approximate surface area is 184 Å². The number of nitrogens with two attached hydrogens (primary N) is 1. The highest BCUT2D eigenvalue weighted by Crippen LogP contribution is 2.32. The number of anilines is 1. The minimum Gasteiger partial charge on any atom is -0.478 e. The number of nitrogens with one attached hydrogen (secondary N) is 1. The van der Waals surface area contributed by atoms with E-state index in [1.807, 2.05) is 18.2 Å². The predicted octanol–water partition coefficient (Wildman–Crippen LogP) is 3.89. The van der Waals surface area contributed by atoms with Crippen LogP contribution in [0, 0.1) is 0 Å². The smallest absolute Gasteiger partial charge is 0.264 e. The van der Waals surface area contributed by atoms with Crippen molar-refractivity contribution in [1.29, 1.82) is 0 Å². The highest BCUT2D eigenvalue weighted by molar-refractivity contribution is 7.92. The van der Waals surface area contributed by atoms with Gasteiger partial charge in [0.15, 0.2) is 0 Å². The van der Waals surface area contributed by atoms with E-state index in [-0.39, 0.29) is 32.5 Å². The largest absolute Gasteiger partial charge is 0.478 e. The molecular formula is C19H18Cl2N4O4S. The highest BCUT2D eigenvalue weighted by atomic mass is 35.5. The SMILES string of the molecule is COc1nc(Oc2cccc(CCN)c2)cnc1NS(=O)(=O)c1cccc(Cl)c1Cl. The molecule has 0 amide bonds. The lowest BCUT2D eigenvalue weighted by atomic mass is 10.1. The molecular weight excluding hydrogens is 451 g/mol. The molecule has 0 atom stereocenters. The maximum absolute atomic E-state index is 12.7. The summed E-state index contributed by atoms with van der Waals surface area (Å²) in [4.78, 5) is 8.03. The quantitative estimate of drug-likeness (QED) is 0.514. The van der Waals surface area contributed by atoms with Crippen molar-refractivity contribution in [2.24, 2.45) is 5.73 Å². The van der Waals surface area contributed by atoms with Gasteiger partial charge in [-0.25, -0.2) is 13.4 Å². The van der Waals surface area contributed by atoms with E-state index in [0.29, 0.717) is 18.7 Å². The van der Waals surface area contributed by atoms with Crippen molar-refractivity contribution in [2.75, 3.05) is 18.4 Å². The molecule has 0 unspecified atom stereocenters. The molecule has 0 spiro atoms. The van der Waals surface area contributed by atoms with Crippen LogP contribution in [0.4, 0.5) is 5.82 Å². The molecule has 0 aliphatic heterocycles. The molecule has 0 aliphatic carbocycles. The Morgan fingerprint density at radius 2 is 1.93 bits per heavy atom. The molecule has 30 heavy (non-hydrogen) atoms. The minimum atomic E-state index is -4.08. The predicted molar refractivity (Wildman–Crippen MR) is 115 cm³/mol. The first-order valence-electron chi connectivity index (χ1n) is 8.69. The maximum Gasteiger partial charge on any atom is 0.264 e. The Morgan fingerprint density at radius 1 is 1.17 bits per heavy atom. The van der Waals surface area contributed by atoms with Crippen LogP contribution in [0.2, 0.25) is 10.0 Å². The molecule has 1 aromatic heterocycles. The third kappa shape index (κ3) is 5.11. The van der Waals surface area contributed by atoms with Gasteiger partial charge in [0.2, 0.25) is 11.7 Å². The molecule has 8 nitrogen and oxygen atoms in total. The Bertz CT molecular complexity index is 1160. The zero-order valence-corrected chi connectivity index (χ0v) is 18.1. The van der Waals surface area contributed by atoms with Gasteiger partial charge in [-0.15, -0.1) is 0 Å². The van der Waals surface area contributed by atoms with E-state index in [0.717, 1.165) is 5.56 Å². The van der Waals surface area contributed by atoms with Crippen LogP contribution in [0.1, 0.15) is 5.56 Å². The first-order valence-corrected chi connectivity index (χ1v) is 10.9. The summed E-state index contributed by atoms with van der Waals surface area (Å²) in [7, 11) is -2.75. The average molecular weight is 469 g/mol. The number of nitrogens with zero attached hydrogens (tertiary/aromatic N) is 2. The average Bonchev–Trinajstić information content (AvgIpc) is 2.71. The number of benzene rings is 2. The van der Waals surface area contributed by atoms with E-state index in [1.54, 1.807) is 6.07 Å². The molecule has 1 heterocycles. The summed E-state index contributed by atoms with van der Waals surface area (Å²) >= 11 is 11.9. The number of hydrogen-bond acceptors (Lipinski definition) is 7. The van der Waals surface area contributed by atoms with E-state index in [9.17, 15) is 8.42 Å². The van der Waals surface area contributed by atoms with E-state index in [2.05, 4.69) is 14.7 Å². The summed E-state index contributed by atoms with van der Waals surface area (Å²) < 4.78 is 38.6. The first kappa shape index (κ1) is 22.1. The third-order valence-corrected chi connectivity index (χ3v) is 6.21. The zero-order valence-electron chi connectivity index (χ0n) is 15.8. The van der Waals surface area contributed by atoms with E-state index in [1.165, 1.54) is 31.5 Å². The summed E-state index contributed by atoms with van der Waals surface area (Å²) in [6.07, 6.45) is 1.98. The molecule has 3 aromatic rings. The number of hydrogen-bond donors (Lipinski definition) is 2. The second kappa shape index (κ2) is 9.48. The molecule has 0 fully saturated rings. The molecule has 0 bridgehead atoms. The number of rotatable bonds is 8. The Balaban J connectivity index is 1.85. The minimum absolute atomic E-state index is 0.0765. The number of sulfonamides is 1. The van der Waals surface area contributed by atoms with Crippen molar-refractivity contribution in [3.8, 4) is 17.5 Å². The fraction of sp³-hybridized carbons (Fsp3) is 0.158. The summed E-state index contributed by atoms with van der Waals surface area (Å²) in [5, 5.41) is 0.00844. The van der Waals surface area contributed by atoms with Crippen LogP contribution in [0.25, 0.3) is 0 Å². The summed E-state index contributed by atoms with van der Waals surface area (Å²) in [5.41, 5.74) is 6.59. The second-order valence-corrected chi connectivity index (χ2v) is 8.45. The molecule has 2 aromatic carbocycles. The zero-order chi connectivity index (χ0) is 21.7. The fourth-order valence-electron chi connectivity index (χ4n) is 2.54. The summed E-state index contributed by atoms with van der Waals surface area (Å²) in [6, 6.07) is 11.6. The number of ether oxygens (including phenoxy) is 2. The summed E-state index contributed by atoms with van der Waals surface area (Å²) in [5.74, 6) is 0.460. The lowest BCUT2D eigenvalue weighted by molar-refractivity contribution is 0.382. The Kier molecular flexibility index (Phi) is 6.99. The van der Waals surface area contributed by atoms with Crippen molar-refractivity contribution in [2.45, 2.75) is 11.3 Å². The maximum atomic E-state index is 12.7. The van der Waals surface area contributed by atoms with Crippen molar-refractivity contribution >= 4 is 39.0 Å². The monoisotopic (exact) mass is 468 g/mol. The molecule has 0 radical (unpaired) electrons. The lowest BCUT2D eigenvalue weighted by Crippen LogP contribution is -2.15. The van der Waals surface area contributed by atoms with Crippen molar-refractivity contribution in [1.82, 2.24) is 9.97 Å². The first-order chi connectivity index (χ1) is 14.3. The number of halogens is 2. The van der Waals surface area contributed by atoms with Gasteiger partial charge in [0, 0.05) is 0 Å². The van der Waals surface area contributed by atoms with Gasteiger partial charge < -0.3 is 15.2 Å². The molecule has 3 N–H and O–H groups in total. The Morgan fingerprint density at radius 3 is 2.67 bits per heavy atom. The molecule has 11 heteroatoms. The normalized spacial score (nSPS) is 11.2. The Hall–Kier alpha value is -2.59. The second-order valence-electron chi connectivity index (χ2n) is 6.01. The van der Waals surface area contributed by atoms with Crippen LogP contribution in [0.3, 0.4) is 0 Å². The van der Waals surface area contributed by atoms with Gasteiger partial charge in [0.05, 0.1) is 23.4 Å². The molecule has 0 saturated heterocycles. The number of methoxy groups -OCH3 is 1. The van der Waals surface area contributed by atoms with Crippen molar-refractivity contribution < 1.29 is 17.9 Å². The van der Waals surface area contributed by atoms with E-state index >= 15 is 0 Å². The van der Waals surface area contributed by atoms with Crippen molar-refractivity contribution in [3.05, 3.63) is 64.3 Å². The van der Waals surface area contributed by atoms with Crippen LogP contribution >= 0.6 is 23.2 Å². The van der Waals surface area contributed by atoms with Gasteiger partial charge in [0.25, 0.3) is 15.9 Å².